The Hall–Kier alpha value is -3.40. The molecule has 0 bridgehead atoms. The van der Waals surface area contributed by atoms with Gasteiger partial charge in [0.15, 0.2) is 0 Å². The smallest absolute Gasteiger partial charge is 0.323 e. The lowest BCUT2D eigenvalue weighted by atomic mass is 10.2. The highest BCUT2D eigenvalue weighted by Gasteiger charge is 2.19. The molecule has 2 heterocycles. The van der Waals surface area contributed by atoms with Gasteiger partial charge in [-0.05, 0) is 41.1 Å². The van der Waals surface area contributed by atoms with E-state index < -0.39 is 5.25 Å². The van der Waals surface area contributed by atoms with E-state index in [1.807, 2.05) is 30.3 Å². The van der Waals surface area contributed by atoms with E-state index in [-0.39, 0.29) is 11.6 Å². The van der Waals surface area contributed by atoms with Crippen molar-refractivity contribution in [2.75, 3.05) is 5.32 Å². The summed E-state index contributed by atoms with van der Waals surface area (Å²) in [7, 11) is 0. The maximum Gasteiger partial charge on any atom is 0.323 e. The van der Waals surface area contributed by atoms with Crippen LogP contribution in [-0.4, -0.2) is 41.3 Å². The molecular weight excluding hydrogens is 378 g/mol. The predicted molar refractivity (Wildman–Crippen MR) is 106 cm³/mol. The first kappa shape index (κ1) is 18.0. The van der Waals surface area contributed by atoms with Crippen molar-refractivity contribution in [3.8, 4) is 0 Å². The monoisotopic (exact) mass is 395 g/mol. The Bertz CT molecular complexity index is 1170. The molecule has 2 aromatic carbocycles. The van der Waals surface area contributed by atoms with Crippen molar-refractivity contribution in [2.45, 2.75) is 23.9 Å². The van der Waals surface area contributed by atoms with E-state index in [9.17, 15) is 9.59 Å². The predicted octanol–water partition coefficient (Wildman–Crippen LogP) is 2.01. The van der Waals surface area contributed by atoms with Crippen LogP contribution in [0.4, 0.5) is 5.69 Å². The summed E-state index contributed by atoms with van der Waals surface area (Å²) < 4.78 is 1.67. The molecule has 0 saturated heterocycles. The van der Waals surface area contributed by atoms with Crippen LogP contribution < -0.4 is 11.0 Å². The van der Waals surface area contributed by atoms with E-state index in [4.69, 9.17) is 0 Å². The van der Waals surface area contributed by atoms with Crippen molar-refractivity contribution in [3.05, 3.63) is 64.6 Å². The van der Waals surface area contributed by atoms with Crippen molar-refractivity contribution >= 4 is 34.4 Å². The quantitative estimate of drug-likeness (QED) is 0.429. The highest BCUT2D eigenvalue weighted by Crippen LogP contribution is 2.23. The number of carbonyl (C=O) groups is 1. The van der Waals surface area contributed by atoms with Crippen molar-refractivity contribution in [2.24, 2.45) is 0 Å². The summed E-state index contributed by atoms with van der Waals surface area (Å²) in [6.07, 6.45) is 0. The van der Waals surface area contributed by atoms with Crippen LogP contribution in [0.5, 0.6) is 0 Å². The molecule has 4 rings (SSSR count). The zero-order chi connectivity index (χ0) is 19.5. The first-order valence-corrected chi connectivity index (χ1v) is 9.46. The van der Waals surface area contributed by atoms with Crippen molar-refractivity contribution in [3.63, 3.8) is 0 Å². The molecule has 10 heteroatoms. The number of hydrogen-bond donors (Lipinski definition) is 3. The van der Waals surface area contributed by atoms with Crippen LogP contribution in [0.15, 0.2) is 58.5 Å². The second-order valence-electron chi connectivity index (χ2n) is 6.19. The summed E-state index contributed by atoms with van der Waals surface area (Å²) in [4.78, 5) is 29.2. The van der Waals surface area contributed by atoms with E-state index in [0.717, 1.165) is 5.56 Å². The Morgan fingerprint density at radius 2 is 1.96 bits per heavy atom. The molecule has 28 heavy (non-hydrogen) atoms. The number of rotatable bonds is 6. The number of thioether (sulfide) groups is 1. The van der Waals surface area contributed by atoms with Crippen LogP contribution in [0.25, 0.3) is 11.0 Å². The second kappa shape index (κ2) is 7.69. The van der Waals surface area contributed by atoms with Gasteiger partial charge in [0.05, 0.1) is 22.8 Å². The Kier molecular flexibility index (Phi) is 4.94. The van der Waals surface area contributed by atoms with E-state index in [1.54, 1.807) is 29.8 Å². The summed E-state index contributed by atoms with van der Waals surface area (Å²) >= 11 is 1.28. The second-order valence-corrected chi connectivity index (χ2v) is 7.50. The topological polar surface area (TPSA) is 121 Å². The number of tetrazole rings is 1. The lowest BCUT2D eigenvalue weighted by Gasteiger charge is -2.12. The molecule has 9 nitrogen and oxygen atoms in total. The standard InChI is InChI=1S/C18H17N7O2S/c1-11(16(26)19-13-7-8-14-15(9-13)21-17(27)20-14)28-18-22-23-24-25(18)10-12-5-3-2-4-6-12/h2-9,11H,10H2,1H3,(H,19,26)(H2,20,21,27). The summed E-state index contributed by atoms with van der Waals surface area (Å²) in [6, 6.07) is 15.0. The Labute approximate surface area is 163 Å². The third-order valence-corrected chi connectivity index (χ3v) is 5.18. The van der Waals surface area contributed by atoms with E-state index in [1.165, 1.54) is 11.8 Å². The zero-order valence-corrected chi connectivity index (χ0v) is 15.7. The van der Waals surface area contributed by atoms with Gasteiger partial charge in [-0.3, -0.25) is 4.79 Å². The number of hydrogen-bond acceptors (Lipinski definition) is 6. The summed E-state index contributed by atoms with van der Waals surface area (Å²) in [5, 5.41) is 14.8. The minimum atomic E-state index is -0.415. The maximum absolute atomic E-state index is 12.6. The number of fused-ring (bicyclic) bond motifs is 1. The average molecular weight is 395 g/mol. The number of H-pyrrole nitrogens is 2. The highest BCUT2D eigenvalue weighted by atomic mass is 32.2. The molecule has 1 unspecified atom stereocenters. The number of nitrogens with one attached hydrogen (secondary N) is 3. The van der Waals surface area contributed by atoms with Crippen molar-refractivity contribution in [1.82, 2.24) is 30.2 Å². The first-order chi connectivity index (χ1) is 13.6. The zero-order valence-electron chi connectivity index (χ0n) is 14.9. The minimum absolute atomic E-state index is 0.184. The van der Waals surface area contributed by atoms with E-state index in [0.29, 0.717) is 28.4 Å². The average Bonchev–Trinajstić information content (AvgIpc) is 3.27. The number of anilines is 1. The van der Waals surface area contributed by atoms with Gasteiger partial charge < -0.3 is 15.3 Å². The number of imidazole rings is 1. The SMILES string of the molecule is CC(Sc1nnnn1Cc1ccccc1)C(=O)Nc1ccc2[nH]c(=O)[nH]c2c1. The molecule has 4 aromatic rings. The van der Waals surface area contributed by atoms with Crippen molar-refractivity contribution in [1.29, 1.82) is 0 Å². The number of benzene rings is 2. The molecular formula is C18H17N7O2S. The molecule has 0 spiro atoms. The Balaban J connectivity index is 1.43. The van der Waals surface area contributed by atoms with Gasteiger partial charge in [0.25, 0.3) is 0 Å². The molecule has 0 aliphatic rings. The van der Waals surface area contributed by atoms with Crippen LogP contribution in [0.3, 0.4) is 0 Å². The van der Waals surface area contributed by atoms with Gasteiger partial charge >= 0.3 is 5.69 Å². The fraction of sp³-hybridized carbons (Fsp3) is 0.167. The molecule has 0 radical (unpaired) electrons. The molecule has 1 amide bonds. The lowest BCUT2D eigenvalue weighted by molar-refractivity contribution is -0.115. The number of nitrogens with zero attached hydrogens (tertiary/aromatic N) is 4. The van der Waals surface area contributed by atoms with Gasteiger partial charge in [0.1, 0.15) is 0 Å². The molecule has 0 saturated carbocycles. The number of carbonyl (C=O) groups excluding carboxylic acids is 1. The van der Waals surface area contributed by atoms with Crippen LogP contribution >= 0.6 is 11.8 Å². The van der Waals surface area contributed by atoms with Gasteiger partial charge in [-0.25, -0.2) is 9.48 Å². The van der Waals surface area contributed by atoms with Crippen LogP contribution in [0.1, 0.15) is 12.5 Å². The largest absolute Gasteiger partial charge is 0.325 e. The van der Waals surface area contributed by atoms with Crippen LogP contribution in [-0.2, 0) is 11.3 Å². The van der Waals surface area contributed by atoms with E-state index >= 15 is 0 Å². The van der Waals surface area contributed by atoms with E-state index in [2.05, 4.69) is 30.8 Å². The molecule has 0 fully saturated rings. The Morgan fingerprint density at radius 1 is 1.18 bits per heavy atom. The van der Waals surface area contributed by atoms with Crippen molar-refractivity contribution < 1.29 is 4.79 Å². The summed E-state index contributed by atoms with van der Waals surface area (Å²) in [5.74, 6) is -0.184. The minimum Gasteiger partial charge on any atom is -0.325 e. The lowest BCUT2D eigenvalue weighted by Crippen LogP contribution is -2.23. The Morgan fingerprint density at radius 3 is 2.79 bits per heavy atom. The van der Waals surface area contributed by atoms with Crippen LogP contribution in [0.2, 0.25) is 0 Å². The molecule has 0 aliphatic heterocycles. The maximum atomic E-state index is 12.6. The molecule has 3 N–H and O–H groups in total. The number of aromatic amines is 2. The molecule has 0 aliphatic carbocycles. The molecule has 142 valence electrons. The summed E-state index contributed by atoms with van der Waals surface area (Å²) in [5.41, 5.74) is 2.71. The fourth-order valence-corrected chi connectivity index (χ4v) is 3.49. The number of amides is 1. The van der Waals surface area contributed by atoms with Gasteiger partial charge in [0, 0.05) is 5.69 Å². The summed E-state index contributed by atoms with van der Waals surface area (Å²) in [6.45, 7) is 2.32. The highest BCUT2D eigenvalue weighted by molar-refractivity contribution is 8.00. The first-order valence-electron chi connectivity index (χ1n) is 8.58. The fourth-order valence-electron chi connectivity index (χ4n) is 2.70. The van der Waals surface area contributed by atoms with Gasteiger partial charge in [-0.2, -0.15) is 0 Å². The third kappa shape index (κ3) is 3.96. The molecule has 1 atom stereocenters. The number of aromatic nitrogens is 6. The van der Waals surface area contributed by atoms with Crippen LogP contribution in [0, 0.1) is 0 Å². The normalized spacial score (nSPS) is 12.2. The third-order valence-electron chi connectivity index (χ3n) is 4.11. The van der Waals surface area contributed by atoms with Gasteiger partial charge in [0.2, 0.25) is 11.1 Å². The van der Waals surface area contributed by atoms with Gasteiger partial charge in [-0.1, -0.05) is 42.1 Å². The van der Waals surface area contributed by atoms with Gasteiger partial charge in [-0.15, -0.1) is 5.10 Å². The molecule has 2 aromatic heterocycles.